The van der Waals surface area contributed by atoms with Gasteiger partial charge in [-0.3, -0.25) is 4.79 Å². The number of benzene rings is 3. The van der Waals surface area contributed by atoms with Gasteiger partial charge in [0.2, 0.25) is 0 Å². The Bertz CT molecular complexity index is 1460. The fourth-order valence-corrected chi connectivity index (χ4v) is 6.83. The molecule has 1 saturated carbocycles. The molecule has 0 radical (unpaired) electrons. The Balaban J connectivity index is 1.49. The minimum Gasteiger partial charge on any atom is -0.497 e. The summed E-state index contributed by atoms with van der Waals surface area (Å²) >= 11 is 0. The van der Waals surface area contributed by atoms with Gasteiger partial charge in [0.05, 0.1) is 19.1 Å². The van der Waals surface area contributed by atoms with E-state index in [0.717, 1.165) is 16.7 Å². The number of carbonyl (C=O) groups is 1. The lowest BCUT2D eigenvalue weighted by Gasteiger charge is -2.32. The summed E-state index contributed by atoms with van der Waals surface area (Å²) in [5.41, 5.74) is 3.03. The van der Waals surface area contributed by atoms with E-state index in [1.165, 1.54) is 13.2 Å². The van der Waals surface area contributed by atoms with Crippen LogP contribution in [0.5, 0.6) is 11.5 Å². The lowest BCUT2D eigenvalue weighted by Crippen LogP contribution is -2.21. The van der Waals surface area contributed by atoms with Crippen LogP contribution in [-0.4, -0.2) is 25.3 Å². The number of rotatable bonds is 8. The molecule has 0 amide bonds. The standard InChI is InChI=1S/C33H36F2O5/c1-18-27(31(36)37)33(18)14-13-20-8-12-26(29(35)28(20)33)40-17-19-7-10-22(23-16-21(38-5)9-11-25(23)34)24(15-19)30(39-6)32(2,3)4/h7-12,15-16,18,27,30H,13-14,17H2,1-6H3,(H,36,37)/t18-,27?,30?,33?/m0/s1. The normalized spacial score (nSPS) is 22.2. The smallest absolute Gasteiger partial charge is 0.307 e. The largest absolute Gasteiger partial charge is 0.497 e. The second-order valence-electron chi connectivity index (χ2n) is 12.1. The zero-order chi connectivity index (χ0) is 29.0. The molecule has 7 heteroatoms. The maximum Gasteiger partial charge on any atom is 0.307 e. The number of carboxylic acid groups (broad SMARTS) is 1. The molecular formula is C33H36F2O5. The van der Waals surface area contributed by atoms with E-state index >= 15 is 8.78 Å². The number of ether oxygens (including phenoxy) is 3. The summed E-state index contributed by atoms with van der Waals surface area (Å²) in [6.45, 7) is 8.12. The summed E-state index contributed by atoms with van der Waals surface area (Å²) in [6, 6.07) is 13.7. The van der Waals surface area contributed by atoms with Gasteiger partial charge in [-0.15, -0.1) is 0 Å². The lowest BCUT2D eigenvalue weighted by molar-refractivity contribution is -0.139. The molecule has 40 heavy (non-hydrogen) atoms. The predicted molar refractivity (Wildman–Crippen MR) is 149 cm³/mol. The van der Waals surface area contributed by atoms with E-state index in [4.69, 9.17) is 14.2 Å². The van der Waals surface area contributed by atoms with Crippen molar-refractivity contribution in [2.75, 3.05) is 14.2 Å². The first-order valence-electron chi connectivity index (χ1n) is 13.6. The van der Waals surface area contributed by atoms with Gasteiger partial charge in [-0.25, -0.2) is 8.78 Å². The van der Waals surface area contributed by atoms with Crippen molar-refractivity contribution in [3.05, 3.63) is 82.4 Å². The van der Waals surface area contributed by atoms with Crippen molar-refractivity contribution in [2.24, 2.45) is 17.3 Å². The summed E-state index contributed by atoms with van der Waals surface area (Å²) in [5, 5.41) is 9.69. The van der Waals surface area contributed by atoms with E-state index < -0.39 is 23.1 Å². The van der Waals surface area contributed by atoms with Crippen molar-refractivity contribution in [2.45, 2.75) is 58.7 Å². The third-order valence-electron chi connectivity index (χ3n) is 8.77. The Morgan fingerprint density at radius 2 is 1.82 bits per heavy atom. The molecule has 3 unspecified atom stereocenters. The van der Waals surface area contributed by atoms with Crippen LogP contribution in [0.15, 0.2) is 48.5 Å². The molecule has 0 aromatic heterocycles. The van der Waals surface area contributed by atoms with Crippen molar-refractivity contribution < 1.29 is 32.9 Å². The SMILES string of the molecule is COc1ccc(F)c(-c2ccc(COc3ccc4c(c3F)C3(CC4)C(C(=O)O)[C@@H]3C)cc2C(OC)C(C)(C)C)c1. The highest BCUT2D eigenvalue weighted by Crippen LogP contribution is 2.67. The number of hydrogen-bond acceptors (Lipinski definition) is 4. The third-order valence-corrected chi connectivity index (χ3v) is 8.77. The molecule has 1 fully saturated rings. The van der Waals surface area contributed by atoms with Crippen LogP contribution in [0.1, 0.15) is 62.5 Å². The van der Waals surface area contributed by atoms with Crippen LogP contribution in [0.3, 0.4) is 0 Å². The molecule has 3 aromatic rings. The predicted octanol–water partition coefficient (Wildman–Crippen LogP) is 7.49. The fourth-order valence-electron chi connectivity index (χ4n) is 6.83. The highest BCUT2D eigenvalue weighted by molar-refractivity contribution is 5.79. The first kappa shape index (κ1) is 28.1. The Kier molecular flexibility index (Phi) is 7.15. The molecule has 5 nitrogen and oxygen atoms in total. The Morgan fingerprint density at radius 3 is 2.45 bits per heavy atom. The van der Waals surface area contributed by atoms with Crippen molar-refractivity contribution in [3.8, 4) is 22.6 Å². The van der Waals surface area contributed by atoms with Crippen molar-refractivity contribution in [1.82, 2.24) is 0 Å². The summed E-state index contributed by atoms with van der Waals surface area (Å²) in [5.74, 6) is -1.77. The molecule has 1 spiro atoms. The molecule has 4 atom stereocenters. The number of fused-ring (bicyclic) bond motifs is 2. The molecule has 1 N–H and O–H groups in total. The van der Waals surface area contributed by atoms with Crippen LogP contribution < -0.4 is 9.47 Å². The van der Waals surface area contributed by atoms with Gasteiger partial charge in [-0.2, -0.15) is 0 Å². The molecular weight excluding hydrogens is 514 g/mol. The van der Waals surface area contributed by atoms with Crippen LogP contribution >= 0.6 is 0 Å². The molecule has 2 aliphatic carbocycles. The van der Waals surface area contributed by atoms with Crippen LogP contribution in [0.4, 0.5) is 8.78 Å². The van der Waals surface area contributed by atoms with Crippen LogP contribution in [-0.2, 0) is 28.0 Å². The Labute approximate surface area is 234 Å². The monoisotopic (exact) mass is 550 g/mol. The average Bonchev–Trinajstić information content (AvgIpc) is 3.30. The zero-order valence-corrected chi connectivity index (χ0v) is 23.8. The van der Waals surface area contributed by atoms with Gasteiger partial charge in [-0.05, 0) is 76.8 Å². The topological polar surface area (TPSA) is 65.0 Å². The summed E-state index contributed by atoms with van der Waals surface area (Å²) in [4.78, 5) is 11.8. The summed E-state index contributed by atoms with van der Waals surface area (Å²) < 4.78 is 48.1. The number of aliphatic carboxylic acids is 1. The molecule has 3 aromatic carbocycles. The van der Waals surface area contributed by atoms with Gasteiger partial charge in [-0.1, -0.05) is 45.9 Å². The van der Waals surface area contributed by atoms with Crippen LogP contribution in [0, 0.1) is 28.9 Å². The molecule has 2 aliphatic rings. The molecule has 212 valence electrons. The maximum atomic E-state index is 15.9. The van der Waals surface area contributed by atoms with Crippen LogP contribution in [0.2, 0.25) is 0 Å². The average molecular weight is 551 g/mol. The molecule has 0 bridgehead atoms. The van der Waals surface area contributed by atoms with E-state index in [9.17, 15) is 9.90 Å². The second-order valence-corrected chi connectivity index (χ2v) is 12.1. The van der Waals surface area contributed by atoms with E-state index in [-0.39, 0.29) is 35.6 Å². The quantitative estimate of drug-likeness (QED) is 0.315. The highest BCUT2D eigenvalue weighted by atomic mass is 19.1. The van der Waals surface area contributed by atoms with Crippen molar-refractivity contribution in [1.29, 1.82) is 0 Å². The lowest BCUT2D eigenvalue weighted by atomic mass is 9.81. The zero-order valence-electron chi connectivity index (χ0n) is 23.8. The second kappa shape index (κ2) is 10.2. The first-order valence-corrected chi connectivity index (χ1v) is 13.6. The van der Waals surface area contributed by atoms with Gasteiger partial charge in [0, 0.05) is 23.7 Å². The van der Waals surface area contributed by atoms with Crippen molar-refractivity contribution >= 4 is 5.97 Å². The highest BCUT2D eigenvalue weighted by Gasteiger charge is 2.69. The minimum atomic E-state index is -0.877. The Hall–Kier alpha value is -3.45. The van der Waals surface area contributed by atoms with E-state index in [1.807, 2.05) is 31.2 Å². The third kappa shape index (κ3) is 4.54. The number of methoxy groups -OCH3 is 2. The van der Waals surface area contributed by atoms with Gasteiger partial charge in [0.1, 0.15) is 18.2 Å². The maximum absolute atomic E-state index is 15.9. The Morgan fingerprint density at radius 1 is 1.07 bits per heavy atom. The molecule has 0 aliphatic heterocycles. The fraction of sp³-hybridized carbons (Fsp3) is 0.424. The summed E-state index contributed by atoms with van der Waals surface area (Å²) in [6.07, 6.45) is 0.934. The molecule has 0 saturated heterocycles. The van der Waals surface area contributed by atoms with Gasteiger partial charge >= 0.3 is 5.97 Å². The van der Waals surface area contributed by atoms with Crippen molar-refractivity contribution in [3.63, 3.8) is 0 Å². The number of halogens is 2. The van der Waals surface area contributed by atoms with E-state index in [1.54, 1.807) is 25.3 Å². The minimum absolute atomic E-state index is 0.0784. The van der Waals surface area contributed by atoms with Crippen LogP contribution in [0.25, 0.3) is 11.1 Å². The van der Waals surface area contributed by atoms with Gasteiger partial charge in [0.15, 0.2) is 11.6 Å². The first-order chi connectivity index (χ1) is 18.9. The van der Waals surface area contributed by atoms with E-state index in [0.29, 0.717) is 35.3 Å². The van der Waals surface area contributed by atoms with Gasteiger partial charge < -0.3 is 19.3 Å². The van der Waals surface area contributed by atoms with E-state index in [2.05, 4.69) is 20.8 Å². The van der Waals surface area contributed by atoms with Gasteiger partial charge in [0.25, 0.3) is 0 Å². The summed E-state index contributed by atoms with van der Waals surface area (Å²) in [7, 11) is 3.17. The number of aryl methyl sites for hydroxylation is 1. The number of hydrogen-bond donors (Lipinski definition) is 1. The molecule has 5 rings (SSSR count). The number of carboxylic acids is 1. The molecule has 0 heterocycles.